The maximum absolute atomic E-state index is 11.6. The van der Waals surface area contributed by atoms with E-state index in [9.17, 15) is 4.79 Å². The molecule has 0 aliphatic carbocycles. The van der Waals surface area contributed by atoms with E-state index in [1.165, 1.54) is 10.4 Å². The molecular formula is C18H24N2OS. The predicted octanol–water partition coefficient (Wildman–Crippen LogP) is 4.43. The third-order valence-corrected chi connectivity index (χ3v) is 4.78. The Balaban J connectivity index is 1.95. The molecular weight excluding hydrogens is 292 g/mol. The molecule has 0 aliphatic rings. The maximum Gasteiger partial charge on any atom is 0.219 e. The molecule has 22 heavy (non-hydrogen) atoms. The van der Waals surface area contributed by atoms with Crippen LogP contribution in [0.5, 0.6) is 0 Å². The zero-order chi connectivity index (χ0) is 16.1. The molecule has 4 heteroatoms. The van der Waals surface area contributed by atoms with Gasteiger partial charge >= 0.3 is 0 Å². The average molecular weight is 316 g/mol. The number of benzene rings is 1. The van der Waals surface area contributed by atoms with Crippen LogP contribution in [-0.2, 0) is 17.9 Å². The molecule has 0 fully saturated rings. The van der Waals surface area contributed by atoms with Crippen LogP contribution in [0.1, 0.15) is 36.8 Å². The van der Waals surface area contributed by atoms with Gasteiger partial charge in [0.1, 0.15) is 0 Å². The van der Waals surface area contributed by atoms with Crippen LogP contribution in [0.4, 0.5) is 5.69 Å². The van der Waals surface area contributed by atoms with Crippen molar-refractivity contribution in [2.45, 2.75) is 46.8 Å². The van der Waals surface area contributed by atoms with Crippen LogP contribution in [0.15, 0.2) is 35.7 Å². The first-order valence-corrected chi connectivity index (χ1v) is 8.48. The molecule has 118 valence electrons. The Hall–Kier alpha value is -1.81. The van der Waals surface area contributed by atoms with Gasteiger partial charge in [0.05, 0.1) is 0 Å². The van der Waals surface area contributed by atoms with E-state index in [1.807, 2.05) is 18.7 Å². The van der Waals surface area contributed by atoms with Gasteiger partial charge in [-0.3, -0.25) is 4.79 Å². The standard InChI is InChI=1S/C18H24N2OS/c1-13(2)20(15(4)21)12-16-5-7-17(8-6-16)19-11-18-14(3)9-10-22-18/h5-10,13,19H,11-12H2,1-4H3. The van der Waals surface area contributed by atoms with Crippen LogP contribution in [0.25, 0.3) is 0 Å². The van der Waals surface area contributed by atoms with E-state index in [0.717, 1.165) is 17.8 Å². The second-order valence-electron chi connectivity index (χ2n) is 5.82. The highest BCUT2D eigenvalue weighted by atomic mass is 32.1. The van der Waals surface area contributed by atoms with Gasteiger partial charge < -0.3 is 10.2 Å². The normalized spacial score (nSPS) is 10.8. The molecule has 0 saturated carbocycles. The summed E-state index contributed by atoms with van der Waals surface area (Å²) < 4.78 is 0. The Morgan fingerprint density at radius 3 is 2.41 bits per heavy atom. The Kier molecular flexibility index (Phi) is 5.61. The van der Waals surface area contributed by atoms with Gasteiger partial charge in [0.25, 0.3) is 0 Å². The molecule has 0 atom stereocenters. The number of carbonyl (C=O) groups excluding carboxylic acids is 1. The quantitative estimate of drug-likeness (QED) is 0.855. The van der Waals surface area contributed by atoms with E-state index in [4.69, 9.17) is 0 Å². The number of carbonyl (C=O) groups is 1. The first-order valence-electron chi connectivity index (χ1n) is 7.60. The molecule has 0 unspecified atom stereocenters. The molecule has 0 bridgehead atoms. The lowest BCUT2D eigenvalue weighted by atomic mass is 10.1. The zero-order valence-corrected chi connectivity index (χ0v) is 14.5. The van der Waals surface area contributed by atoms with Crippen LogP contribution in [0.2, 0.25) is 0 Å². The molecule has 0 radical (unpaired) electrons. The van der Waals surface area contributed by atoms with Crippen LogP contribution >= 0.6 is 11.3 Å². The van der Waals surface area contributed by atoms with Crippen molar-refractivity contribution in [3.05, 3.63) is 51.7 Å². The first-order chi connectivity index (χ1) is 10.5. The number of nitrogens with zero attached hydrogens (tertiary/aromatic N) is 1. The summed E-state index contributed by atoms with van der Waals surface area (Å²) in [6.07, 6.45) is 0. The number of anilines is 1. The zero-order valence-electron chi connectivity index (χ0n) is 13.7. The van der Waals surface area contributed by atoms with Gasteiger partial charge in [-0.2, -0.15) is 0 Å². The van der Waals surface area contributed by atoms with Crippen molar-refractivity contribution in [1.29, 1.82) is 0 Å². The van der Waals surface area contributed by atoms with Crippen LogP contribution in [0, 0.1) is 6.92 Å². The molecule has 0 spiro atoms. The summed E-state index contributed by atoms with van der Waals surface area (Å²) >= 11 is 1.78. The Morgan fingerprint density at radius 2 is 1.91 bits per heavy atom. The van der Waals surface area contributed by atoms with Crippen molar-refractivity contribution in [1.82, 2.24) is 4.90 Å². The summed E-state index contributed by atoms with van der Waals surface area (Å²) in [6, 6.07) is 10.7. The van der Waals surface area contributed by atoms with Gasteiger partial charge in [-0.1, -0.05) is 12.1 Å². The summed E-state index contributed by atoms with van der Waals surface area (Å²) in [4.78, 5) is 14.9. The average Bonchev–Trinajstić information content (AvgIpc) is 2.88. The fraction of sp³-hybridized carbons (Fsp3) is 0.389. The largest absolute Gasteiger partial charge is 0.380 e. The summed E-state index contributed by atoms with van der Waals surface area (Å²) in [5, 5.41) is 5.57. The molecule has 2 aromatic rings. The van der Waals surface area contributed by atoms with E-state index < -0.39 is 0 Å². The second kappa shape index (κ2) is 7.45. The SMILES string of the molecule is CC(=O)N(Cc1ccc(NCc2sccc2C)cc1)C(C)C. The van der Waals surface area contributed by atoms with E-state index in [2.05, 4.69) is 48.0 Å². The number of amides is 1. The molecule has 3 nitrogen and oxygen atoms in total. The summed E-state index contributed by atoms with van der Waals surface area (Å²) in [7, 11) is 0. The molecule has 1 aromatic heterocycles. The smallest absolute Gasteiger partial charge is 0.219 e. The minimum absolute atomic E-state index is 0.116. The van der Waals surface area contributed by atoms with Gasteiger partial charge in [0.15, 0.2) is 0 Å². The molecule has 1 N–H and O–H groups in total. The van der Waals surface area contributed by atoms with Gasteiger partial charge in [0, 0.05) is 36.6 Å². The lowest BCUT2D eigenvalue weighted by Gasteiger charge is -2.25. The number of hydrogen-bond donors (Lipinski definition) is 1. The fourth-order valence-corrected chi connectivity index (χ4v) is 3.20. The van der Waals surface area contributed by atoms with Gasteiger partial charge in [-0.25, -0.2) is 0 Å². The number of aryl methyl sites for hydroxylation is 1. The minimum atomic E-state index is 0.116. The van der Waals surface area contributed by atoms with Crippen molar-refractivity contribution in [2.75, 3.05) is 5.32 Å². The summed E-state index contributed by atoms with van der Waals surface area (Å²) in [5.41, 5.74) is 3.60. The third kappa shape index (κ3) is 4.34. The van der Waals surface area contributed by atoms with E-state index >= 15 is 0 Å². The highest BCUT2D eigenvalue weighted by molar-refractivity contribution is 7.10. The van der Waals surface area contributed by atoms with E-state index in [-0.39, 0.29) is 11.9 Å². The van der Waals surface area contributed by atoms with Crippen molar-refractivity contribution in [3.63, 3.8) is 0 Å². The number of nitrogens with one attached hydrogen (secondary N) is 1. The van der Waals surface area contributed by atoms with Gasteiger partial charge in [-0.05, 0) is 55.5 Å². The van der Waals surface area contributed by atoms with Crippen LogP contribution in [-0.4, -0.2) is 16.8 Å². The van der Waals surface area contributed by atoms with Crippen LogP contribution < -0.4 is 5.32 Å². The van der Waals surface area contributed by atoms with Gasteiger partial charge in [0.2, 0.25) is 5.91 Å². The minimum Gasteiger partial charge on any atom is -0.380 e. The fourth-order valence-electron chi connectivity index (χ4n) is 2.35. The Bertz CT molecular complexity index is 616. The Morgan fingerprint density at radius 1 is 1.23 bits per heavy atom. The maximum atomic E-state index is 11.6. The molecule has 1 amide bonds. The number of thiophene rings is 1. The lowest BCUT2D eigenvalue weighted by Crippen LogP contribution is -2.34. The van der Waals surface area contributed by atoms with E-state index in [0.29, 0.717) is 6.54 Å². The van der Waals surface area contributed by atoms with Gasteiger partial charge in [-0.15, -0.1) is 11.3 Å². The molecule has 1 heterocycles. The number of rotatable bonds is 6. The summed E-state index contributed by atoms with van der Waals surface area (Å²) in [6.45, 7) is 9.37. The van der Waals surface area contributed by atoms with Crippen molar-refractivity contribution in [3.8, 4) is 0 Å². The highest BCUT2D eigenvalue weighted by Crippen LogP contribution is 2.18. The Labute approximate surface area is 137 Å². The highest BCUT2D eigenvalue weighted by Gasteiger charge is 2.12. The number of hydrogen-bond acceptors (Lipinski definition) is 3. The van der Waals surface area contributed by atoms with Crippen LogP contribution in [0.3, 0.4) is 0 Å². The summed E-state index contributed by atoms with van der Waals surface area (Å²) in [5.74, 6) is 0.116. The third-order valence-electron chi connectivity index (χ3n) is 3.76. The predicted molar refractivity (Wildman–Crippen MR) is 94.2 cm³/mol. The first kappa shape index (κ1) is 16.6. The van der Waals surface area contributed by atoms with E-state index in [1.54, 1.807) is 18.3 Å². The van der Waals surface area contributed by atoms with Crippen molar-refractivity contribution >= 4 is 22.9 Å². The topological polar surface area (TPSA) is 32.3 Å². The lowest BCUT2D eigenvalue weighted by molar-refractivity contribution is -0.131. The molecule has 1 aromatic carbocycles. The van der Waals surface area contributed by atoms with Crippen molar-refractivity contribution in [2.24, 2.45) is 0 Å². The molecule has 0 saturated heterocycles. The van der Waals surface area contributed by atoms with Crippen molar-refractivity contribution < 1.29 is 4.79 Å². The molecule has 0 aliphatic heterocycles. The second-order valence-corrected chi connectivity index (χ2v) is 6.82. The molecule has 2 rings (SSSR count). The monoisotopic (exact) mass is 316 g/mol.